The van der Waals surface area contributed by atoms with Gasteiger partial charge in [-0.15, -0.1) is 0 Å². The minimum absolute atomic E-state index is 0.0271. The summed E-state index contributed by atoms with van der Waals surface area (Å²) in [5.41, 5.74) is 7.32. The van der Waals surface area contributed by atoms with Gasteiger partial charge in [-0.1, -0.05) is 0 Å². The van der Waals surface area contributed by atoms with Crippen LogP contribution in [0.1, 0.15) is 6.42 Å². The molecular weight excluding hydrogens is 218 g/mol. The van der Waals surface area contributed by atoms with Gasteiger partial charge in [-0.05, 0) is 12.1 Å². The Labute approximate surface area is 102 Å². The molecule has 0 saturated carbocycles. The van der Waals surface area contributed by atoms with Crippen LogP contribution < -0.4 is 20.7 Å². The van der Waals surface area contributed by atoms with Gasteiger partial charge in [-0.3, -0.25) is 4.79 Å². The third-order valence-electron chi connectivity index (χ3n) is 2.61. The average molecular weight is 237 g/mol. The number of amides is 1. The van der Waals surface area contributed by atoms with E-state index in [2.05, 4.69) is 5.32 Å². The normalized spacial score (nSPS) is 9.82. The number of rotatable bonds is 5. The number of hydrogen-bond donors (Lipinski definition) is 2. The zero-order chi connectivity index (χ0) is 12.8. The first-order valence-corrected chi connectivity index (χ1v) is 5.43. The fourth-order valence-electron chi connectivity index (χ4n) is 1.46. The molecule has 1 aromatic carbocycles. The van der Waals surface area contributed by atoms with Gasteiger partial charge in [0.1, 0.15) is 5.75 Å². The number of carbonyl (C=O) groups is 1. The molecule has 1 rings (SSSR count). The number of methoxy groups -OCH3 is 1. The second-order valence-electron chi connectivity index (χ2n) is 3.77. The first-order valence-electron chi connectivity index (χ1n) is 5.43. The second kappa shape index (κ2) is 5.98. The summed E-state index contributed by atoms with van der Waals surface area (Å²) >= 11 is 0. The van der Waals surface area contributed by atoms with Crippen molar-refractivity contribution in [3.05, 3.63) is 18.2 Å². The smallest absolute Gasteiger partial charge is 0.221 e. The van der Waals surface area contributed by atoms with Crippen LogP contribution in [0.4, 0.5) is 11.4 Å². The fraction of sp³-hybridized carbons (Fsp3) is 0.417. The van der Waals surface area contributed by atoms with Crippen LogP contribution >= 0.6 is 0 Å². The Bertz CT molecular complexity index is 393. The van der Waals surface area contributed by atoms with E-state index >= 15 is 0 Å². The summed E-state index contributed by atoms with van der Waals surface area (Å²) in [5.74, 6) is 0.675. The fourth-order valence-corrected chi connectivity index (χ4v) is 1.46. The number of nitrogens with one attached hydrogen (secondary N) is 1. The molecule has 0 aliphatic rings. The molecule has 5 heteroatoms. The molecule has 3 N–H and O–H groups in total. The van der Waals surface area contributed by atoms with Gasteiger partial charge >= 0.3 is 0 Å². The Hall–Kier alpha value is -1.91. The molecule has 1 aromatic rings. The number of ether oxygens (including phenoxy) is 1. The van der Waals surface area contributed by atoms with Gasteiger partial charge < -0.3 is 20.7 Å². The van der Waals surface area contributed by atoms with Crippen LogP contribution in [0.25, 0.3) is 0 Å². The summed E-state index contributed by atoms with van der Waals surface area (Å²) in [6.07, 6.45) is 0.458. The molecule has 0 spiro atoms. The van der Waals surface area contributed by atoms with Crippen molar-refractivity contribution < 1.29 is 9.53 Å². The highest BCUT2D eigenvalue weighted by Gasteiger charge is 2.06. The van der Waals surface area contributed by atoms with Crippen molar-refractivity contribution in [3.8, 4) is 5.75 Å². The zero-order valence-electron chi connectivity index (χ0n) is 10.5. The molecule has 94 valence electrons. The molecule has 0 saturated heterocycles. The lowest BCUT2D eigenvalue weighted by molar-refractivity contribution is -0.120. The van der Waals surface area contributed by atoms with Gasteiger partial charge in [0.25, 0.3) is 0 Å². The SMILES string of the molecule is CNC(=O)CCN(C)c1ccc(N)c(OC)c1. The number of nitrogen functional groups attached to an aromatic ring is 1. The minimum atomic E-state index is 0.0271. The molecule has 0 bridgehead atoms. The molecule has 0 aliphatic heterocycles. The van der Waals surface area contributed by atoms with Crippen molar-refractivity contribution in [2.75, 3.05) is 38.4 Å². The third kappa shape index (κ3) is 3.55. The van der Waals surface area contributed by atoms with Gasteiger partial charge in [0.15, 0.2) is 0 Å². The summed E-state index contributed by atoms with van der Waals surface area (Å²) in [7, 11) is 5.14. The topological polar surface area (TPSA) is 67.6 Å². The summed E-state index contributed by atoms with van der Waals surface area (Å²) in [6, 6.07) is 5.56. The minimum Gasteiger partial charge on any atom is -0.495 e. The molecular formula is C12H19N3O2. The molecule has 0 unspecified atom stereocenters. The van der Waals surface area contributed by atoms with Crippen molar-refractivity contribution >= 4 is 17.3 Å². The van der Waals surface area contributed by atoms with Crippen molar-refractivity contribution in [1.82, 2.24) is 5.32 Å². The van der Waals surface area contributed by atoms with Crippen molar-refractivity contribution in [2.45, 2.75) is 6.42 Å². The van der Waals surface area contributed by atoms with Crippen LogP contribution in [0.15, 0.2) is 18.2 Å². The van der Waals surface area contributed by atoms with Crippen LogP contribution in [-0.4, -0.2) is 33.7 Å². The van der Waals surface area contributed by atoms with Gasteiger partial charge in [0.2, 0.25) is 5.91 Å². The van der Waals surface area contributed by atoms with Crippen LogP contribution in [0.5, 0.6) is 5.75 Å². The Morgan fingerprint density at radius 1 is 1.53 bits per heavy atom. The average Bonchev–Trinajstić information content (AvgIpc) is 2.35. The Balaban J connectivity index is 2.68. The van der Waals surface area contributed by atoms with Crippen LogP contribution in [0.3, 0.4) is 0 Å². The van der Waals surface area contributed by atoms with Gasteiger partial charge in [0.05, 0.1) is 12.8 Å². The quantitative estimate of drug-likeness (QED) is 0.745. The third-order valence-corrected chi connectivity index (χ3v) is 2.61. The second-order valence-corrected chi connectivity index (χ2v) is 3.77. The van der Waals surface area contributed by atoms with E-state index < -0.39 is 0 Å². The first-order chi connectivity index (χ1) is 8.08. The number of carbonyl (C=O) groups excluding carboxylic acids is 1. The molecule has 0 radical (unpaired) electrons. The van der Waals surface area contributed by atoms with E-state index in [1.807, 2.05) is 24.1 Å². The Morgan fingerprint density at radius 2 is 2.24 bits per heavy atom. The van der Waals surface area contributed by atoms with E-state index in [1.54, 1.807) is 20.2 Å². The molecule has 5 nitrogen and oxygen atoms in total. The monoisotopic (exact) mass is 237 g/mol. The summed E-state index contributed by atoms with van der Waals surface area (Å²) in [4.78, 5) is 13.1. The van der Waals surface area contributed by atoms with E-state index in [0.717, 1.165) is 5.69 Å². The molecule has 0 fully saturated rings. The van der Waals surface area contributed by atoms with E-state index in [4.69, 9.17) is 10.5 Å². The van der Waals surface area contributed by atoms with Crippen molar-refractivity contribution in [1.29, 1.82) is 0 Å². The van der Waals surface area contributed by atoms with Gasteiger partial charge in [-0.25, -0.2) is 0 Å². The maximum Gasteiger partial charge on any atom is 0.221 e. The Morgan fingerprint density at radius 3 is 2.82 bits per heavy atom. The van der Waals surface area contributed by atoms with Gasteiger partial charge in [0, 0.05) is 38.8 Å². The molecule has 0 aliphatic carbocycles. The molecule has 0 heterocycles. The highest BCUT2D eigenvalue weighted by molar-refractivity contribution is 5.76. The Kier molecular flexibility index (Phi) is 4.63. The standard InChI is InChI=1S/C12H19N3O2/c1-14-12(16)6-7-15(2)9-4-5-10(13)11(8-9)17-3/h4-5,8H,6-7,13H2,1-3H3,(H,14,16). The maximum atomic E-state index is 11.1. The van der Waals surface area contributed by atoms with Crippen molar-refractivity contribution in [3.63, 3.8) is 0 Å². The lowest BCUT2D eigenvalue weighted by Gasteiger charge is -2.20. The number of anilines is 2. The van der Waals surface area contributed by atoms with Crippen LogP contribution in [0.2, 0.25) is 0 Å². The van der Waals surface area contributed by atoms with Crippen molar-refractivity contribution in [2.24, 2.45) is 0 Å². The lowest BCUT2D eigenvalue weighted by atomic mass is 10.2. The predicted octanol–water partition coefficient (Wildman–Crippen LogP) is 0.850. The van der Waals surface area contributed by atoms with E-state index in [1.165, 1.54) is 0 Å². The largest absolute Gasteiger partial charge is 0.495 e. The zero-order valence-corrected chi connectivity index (χ0v) is 10.5. The molecule has 0 aromatic heterocycles. The van der Waals surface area contributed by atoms with Crippen LogP contribution in [-0.2, 0) is 4.79 Å². The van der Waals surface area contributed by atoms with E-state index in [9.17, 15) is 4.79 Å². The van der Waals surface area contributed by atoms with Crippen LogP contribution in [0, 0.1) is 0 Å². The lowest BCUT2D eigenvalue weighted by Crippen LogP contribution is -2.26. The highest BCUT2D eigenvalue weighted by atomic mass is 16.5. The number of benzene rings is 1. The maximum absolute atomic E-state index is 11.1. The number of hydrogen-bond acceptors (Lipinski definition) is 4. The van der Waals surface area contributed by atoms with E-state index in [0.29, 0.717) is 24.4 Å². The predicted molar refractivity (Wildman–Crippen MR) is 69.4 cm³/mol. The molecule has 1 amide bonds. The molecule has 17 heavy (non-hydrogen) atoms. The summed E-state index contributed by atoms with van der Waals surface area (Å²) < 4.78 is 5.15. The summed E-state index contributed by atoms with van der Waals surface area (Å²) in [6.45, 7) is 0.646. The van der Waals surface area contributed by atoms with E-state index in [-0.39, 0.29) is 5.91 Å². The first kappa shape index (κ1) is 13.2. The summed E-state index contributed by atoms with van der Waals surface area (Å²) in [5, 5.41) is 2.59. The number of nitrogens with two attached hydrogens (primary N) is 1. The van der Waals surface area contributed by atoms with Gasteiger partial charge in [-0.2, -0.15) is 0 Å². The molecule has 0 atom stereocenters. The highest BCUT2D eigenvalue weighted by Crippen LogP contribution is 2.26. The number of nitrogens with zero attached hydrogens (tertiary/aromatic N) is 1.